The Kier molecular flexibility index (Phi) is 2.78. The molecule has 0 radical (unpaired) electrons. The van der Waals surface area contributed by atoms with Crippen molar-refractivity contribution in [1.82, 2.24) is 0 Å². The summed E-state index contributed by atoms with van der Waals surface area (Å²) in [5.41, 5.74) is 0. The van der Waals surface area contributed by atoms with Crippen molar-refractivity contribution in [2.45, 2.75) is 6.42 Å². The number of Topliss-reactive ketones (excluding diaryl/α,β-unsaturated/α-hetero) is 2. The van der Waals surface area contributed by atoms with Gasteiger partial charge in [-0.3, -0.25) is 9.59 Å². The van der Waals surface area contributed by atoms with E-state index in [1.54, 1.807) is 0 Å². The highest BCUT2D eigenvalue weighted by Gasteiger charge is 2.29. The third-order valence-corrected chi connectivity index (χ3v) is 3.25. The van der Waals surface area contributed by atoms with E-state index in [0.717, 1.165) is 0 Å². The Bertz CT molecular complexity index is 219. The highest BCUT2D eigenvalue weighted by Crippen LogP contribution is 2.33. The molecule has 1 rings (SSSR count). The van der Waals surface area contributed by atoms with Crippen LogP contribution in [0.2, 0.25) is 0 Å². The normalized spacial score (nSPS) is 18.4. The van der Waals surface area contributed by atoms with E-state index in [4.69, 9.17) is 0 Å². The second-order valence-electron chi connectivity index (χ2n) is 2.09. The summed E-state index contributed by atoms with van der Waals surface area (Å²) in [6, 6.07) is 0. The molecule has 1 aliphatic rings. The van der Waals surface area contributed by atoms with E-state index in [0.29, 0.717) is 9.81 Å². The summed E-state index contributed by atoms with van der Waals surface area (Å²) < 4.78 is 0. The lowest BCUT2D eigenvalue weighted by Crippen LogP contribution is -1.95. The standard InChI is InChI=1S/C7H8O2S2/c1-10-6-4(8)3-5(9)7(6)11-2/h3H2,1-2H3. The Hall–Kier alpha value is -0.220. The summed E-state index contributed by atoms with van der Waals surface area (Å²) in [6.07, 6.45) is 3.72. The van der Waals surface area contributed by atoms with Crippen LogP contribution in [0.15, 0.2) is 9.81 Å². The first-order chi connectivity index (χ1) is 5.20. The van der Waals surface area contributed by atoms with Crippen molar-refractivity contribution in [2.24, 2.45) is 0 Å². The fraction of sp³-hybridized carbons (Fsp3) is 0.429. The number of thioether (sulfide) groups is 2. The average Bonchev–Trinajstić information content (AvgIpc) is 2.24. The minimum atomic E-state index is -0.0214. The van der Waals surface area contributed by atoms with E-state index in [9.17, 15) is 9.59 Å². The molecule has 0 saturated heterocycles. The summed E-state index contributed by atoms with van der Waals surface area (Å²) in [5.74, 6) is -0.0429. The van der Waals surface area contributed by atoms with Crippen LogP contribution in [0.3, 0.4) is 0 Å². The van der Waals surface area contributed by atoms with Gasteiger partial charge in [-0.1, -0.05) is 0 Å². The molecule has 11 heavy (non-hydrogen) atoms. The zero-order valence-corrected chi connectivity index (χ0v) is 7.97. The number of allylic oxidation sites excluding steroid dienone is 2. The van der Waals surface area contributed by atoms with Crippen molar-refractivity contribution < 1.29 is 9.59 Å². The van der Waals surface area contributed by atoms with Crippen LogP contribution in [0.1, 0.15) is 6.42 Å². The SMILES string of the molecule is CSC1=C(SC)C(=O)CC1=O. The van der Waals surface area contributed by atoms with Crippen molar-refractivity contribution in [1.29, 1.82) is 0 Å². The van der Waals surface area contributed by atoms with E-state index in [-0.39, 0.29) is 18.0 Å². The lowest BCUT2D eigenvalue weighted by molar-refractivity contribution is -0.120. The maximum atomic E-state index is 11.1. The third kappa shape index (κ3) is 1.51. The Labute approximate surface area is 73.8 Å². The predicted octanol–water partition coefficient (Wildman–Crippen LogP) is 1.47. The molecule has 0 aromatic heterocycles. The number of carbonyl (C=O) groups excluding carboxylic acids is 2. The highest BCUT2D eigenvalue weighted by atomic mass is 32.2. The summed E-state index contributed by atoms with van der Waals surface area (Å²) in [4.78, 5) is 23.4. The molecule has 0 heterocycles. The van der Waals surface area contributed by atoms with Gasteiger partial charge in [0.15, 0.2) is 11.6 Å². The largest absolute Gasteiger partial charge is 0.293 e. The topological polar surface area (TPSA) is 34.1 Å². The van der Waals surface area contributed by atoms with Crippen molar-refractivity contribution in [3.05, 3.63) is 9.81 Å². The predicted molar refractivity (Wildman–Crippen MR) is 48.7 cm³/mol. The van der Waals surface area contributed by atoms with Gasteiger partial charge >= 0.3 is 0 Å². The molecule has 0 N–H and O–H groups in total. The third-order valence-electron chi connectivity index (χ3n) is 1.44. The number of carbonyl (C=O) groups is 2. The van der Waals surface area contributed by atoms with Gasteiger partial charge in [-0.2, -0.15) is 0 Å². The number of ketones is 2. The van der Waals surface area contributed by atoms with Crippen LogP contribution in [-0.2, 0) is 9.59 Å². The number of hydrogen-bond acceptors (Lipinski definition) is 4. The first kappa shape index (κ1) is 8.87. The lowest BCUT2D eigenvalue weighted by Gasteiger charge is -1.95. The zero-order valence-electron chi connectivity index (χ0n) is 6.34. The molecular formula is C7H8O2S2. The van der Waals surface area contributed by atoms with Crippen molar-refractivity contribution in [3.63, 3.8) is 0 Å². The second kappa shape index (κ2) is 3.45. The van der Waals surface area contributed by atoms with Crippen LogP contribution >= 0.6 is 23.5 Å². The van der Waals surface area contributed by atoms with Gasteiger partial charge in [0.25, 0.3) is 0 Å². The van der Waals surface area contributed by atoms with Crippen molar-refractivity contribution >= 4 is 35.1 Å². The van der Waals surface area contributed by atoms with Gasteiger partial charge in [-0.05, 0) is 12.5 Å². The van der Waals surface area contributed by atoms with Gasteiger partial charge < -0.3 is 0 Å². The Morgan fingerprint density at radius 3 is 1.64 bits per heavy atom. The van der Waals surface area contributed by atoms with Gasteiger partial charge in [-0.25, -0.2) is 0 Å². The Morgan fingerprint density at radius 2 is 1.36 bits per heavy atom. The van der Waals surface area contributed by atoms with Gasteiger partial charge in [0.05, 0.1) is 16.2 Å². The number of hydrogen-bond donors (Lipinski definition) is 0. The molecule has 0 aromatic rings. The second-order valence-corrected chi connectivity index (χ2v) is 3.72. The minimum Gasteiger partial charge on any atom is -0.293 e. The molecule has 0 aromatic carbocycles. The summed E-state index contributed by atoms with van der Waals surface area (Å²) in [6.45, 7) is 0. The Balaban J connectivity index is 3.02. The molecule has 4 heteroatoms. The minimum absolute atomic E-state index is 0.0214. The van der Waals surface area contributed by atoms with Gasteiger partial charge in [0, 0.05) is 0 Å². The van der Waals surface area contributed by atoms with E-state index >= 15 is 0 Å². The van der Waals surface area contributed by atoms with Crippen molar-refractivity contribution in [3.8, 4) is 0 Å². The molecule has 60 valence electrons. The van der Waals surface area contributed by atoms with Gasteiger partial charge in [-0.15, -0.1) is 23.5 Å². The summed E-state index contributed by atoms with van der Waals surface area (Å²) >= 11 is 2.73. The zero-order chi connectivity index (χ0) is 8.43. The fourth-order valence-electron chi connectivity index (χ4n) is 0.973. The van der Waals surface area contributed by atoms with E-state index in [2.05, 4.69) is 0 Å². The molecule has 0 bridgehead atoms. The fourth-order valence-corrected chi connectivity index (χ4v) is 2.67. The van der Waals surface area contributed by atoms with Crippen LogP contribution < -0.4 is 0 Å². The molecule has 1 aliphatic carbocycles. The lowest BCUT2D eigenvalue weighted by atomic mass is 10.3. The summed E-state index contributed by atoms with van der Waals surface area (Å²) in [7, 11) is 0. The molecule has 0 fully saturated rings. The van der Waals surface area contributed by atoms with Gasteiger partial charge in [0.1, 0.15) is 0 Å². The van der Waals surface area contributed by atoms with Crippen LogP contribution in [0, 0.1) is 0 Å². The molecule has 0 amide bonds. The first-order valence-electron chi connectivity index (χ1n) is 3.09. The Morgan fingerprint density at radius 1 is 1.00 bits per heavy atom. The highest BCUT2D eigenvalue weighted by molar-refractivity contribution is 8.07. The van der Waals surface area contributed by atoms with Crippen molar-refractivity contribution in [2.75, 3.05) is 12.5 Å². The maximum absolute atomic E-state index is 11.1. The molecule has 0 unspecified atom stereocenters. The van der Waals surface area contributed by atoms with E-state index < -0.39 is 0 Å². The van der Waals surface area contributed by atoms with E-state index in [1.807, 2.05) is 12.5 Å². The smallest absolute Gasteiger partial charge is 0.178 e. The number of rotatable bonds is 2. The maximum Gasteiger partial charge on any atom is 0.178 e. The van der Waals surface area contributed by atoms with Crippen LogP contribution in [0.25, 0.3) is 0 Å². The quantitative estimate of drug-likeness (QED) is 0.614. The molecule has 0 saturated carbocycles. The van der Waals surface area contributed by atoms with Crippen LogP contribution in [0.4, 0.5) is 0 Å². The molecule has 0 aliphatic heterocycles. The first-order valence-corrected chi connectivity index (χ1v) is 5.54. The molecular weight excluding hydrogens is 180 g/mol. The average molecular weight is 188 g/mol. The molecule has 0 spiro atoms. The van der Waals surface area contributed by atoms with E-state index in [1.165, 1.54) is 23.5 Å². The van der Waals surface area contributed by atoms with Crippen LogP contribution in [-0.4, -0.2) is 24.1 Å². The van der Waals surface area contributed by atoms with Gasteiger partial charge in [0.2, 0.25) is 0 Å². The molecule has 2 nitrogen and oxygen atoms in total. The van der Waals surface area contributed by atoms with Crippen LogP contribution in [0.5, 0.6) is 0 Å². The summed E-state index contributed by atoms with van der Waals surface area (Å²) in [5, 5.41) is 0. The molecule has 0 atom stereocenters. The monoisotopic (exact) mass is 188 g/mol.